The number of rotatable bonds is 5. The van der Waals surface area contributed by atoms with Crippen molar-refractivity contribution in [1.82, 2.24) is 9.78 Å². The fourth-order valence-corrected chi connectivity index (χ4v) is 3.13. The third-order valence-corrected chi connectivity index (χ3v) is 4.31. The number of nitrogens with one attached hydrogen (secondary N) is 1. The SMILES string of the molecule is COc1ccccc1C(CC=O)n1[nH]c(=O)c2ccc(Br)cc21. The molecule has 0 bridgehead atoms. The van der Waals surface area contributed by atoms with Gasteiger partial charge in [0.1, 0.15) is 12.0 Å². The molecule has 1 aromatic heterocycles. The van der Waals surface area contributed by atoms with Crippen LogP contribution in [0.25, 0.3) is 10.9 Å². The maximum absolute atomic E-state index is 12.2. The number of aromatic amines is 1. The van der Waals surface area contributed by atoms with Gasteiger partial charge in [0.2, 0.25) is 0 Å². The Hall–Kier alpha value is -2.34. The standard InChI is InChI=1S/C17H15BrN2O3/c1-23-16-5-3-2-4-12(16)14(8-9-21)20-15-10-11(18)6-7-13(15)17(22)19-20/h2-7,9-10,14H,8H2,1H3,(H,19,22). The van der Waals surface area contributed by atoms with Gasteiger partial charge in [-0.15, -0.1) is 0 Å². The van der Waals surface area contributed by atoms with Crippen LogP contribution >= 0.6 is 15.9 Å². The second-order valence-electron chi connectivity index (χ2n) is 5.13. The van der Waals surface area contributed by atoms with E-state index >= 15 is 0 Å². The topological polar surface area (TPSA) is 64.1 Å². The summed E-state index contributed by atoms with van der Waals surface area (Å²) in [7, 11) is 1.59. The van der Waals surface area contributed by atoms with Gasteiger partial charge in [-0.05, 0) is 24.3 Å². The van der Waals surface area contributed by atoms with Crippen LogP contribution in [-0.4, -0.2) is 23.2 Å². The molecule has 0 spiro atoms. The monoisotopic (exact) mass is 374 g/mol. The average Bonchev–Trinajstić information content (AvgIpc) is 2.88. The van der Waals surface area contributed by atoms with Crippen LogP contribution in [0.4, 0.5) is 0 Å². The van der Waals surface area contributed by atoms with Gasteiger partial charge in [0.05, 0.1) is 24.1 Å². The number of hydrogen-bond acceptors (Lipinski definition) is 3. The Morgan fingerprint density at radius 3 is 2.83 bits per heavy atom. The van der Waals surface area contributed by atoms with Gasteiger partial charge in [0.15, 0.2) is 0 Å². The minimum absolute atomic E-state index is 0.182. The number of aromatic nitrogens is 2. The first-order chi connectivity index (χ1) is 11.2. The van der Waals surface area contributed by atoms with Crippen molar-refractivity contribution < 1.29 is 9.53 Å². The number of carbonyl (C=O) groups is 1. The number of benzene rings is 2. The molecule has 0 aliphatic heterocycles. The van der Waals surface area contributed by atoms with Gasteiger partial charge < -0.3 is 9.53 Å². The lowest BCUT2D eigenvalue weighted by atomic mass is 10.0. The Kier molecular flexibility index (Phi) is 4.34. The largest absolute Gasteiger partial charge is 0.496 e. The van der Waals surface area contributed by atoms with Gasteiger partial charge in [-0.25, -0.2) is 0 Å². The average molecular weight is 375 g/mol. The van der Waals surface area contributed by atoms with Crippen LogP contribution in [0.5, 0.6) is 5.75 Å². The van der Waals surface area contributed by atoms with Crippen molar-refractivity contribution in [2.24, 2.45) is 0 Å². The maximum atomic E-state index is 12.2. The number of aldehydes is 1. The van der Waals surface area contributed by atoms with E-state index in [4.69, 9.17) is 4.74 Å². The van der Waals surface area contributed by atoms with E-state index in [9.17, 15) is 9.59 Å². The third kappa shape index (κ3) is 2.82. The summed E-state index contributed by atoms with van der Waals surface area (Å²) in [6, 6.07) is 12.6. The van der Waals surface area contributed by atoms with Crippen molar-refractivity contribution in [2.75, 3.05) is 7.11 Å². The van der Waals surface area contributed by atoms with E-state index < -0.39 is 0 Å². The minimum Gasteiger partial charge on any atom is -0.496 e. The highest BCUT2D eigenvalue weighted by Crippen LogP contribution is 2.31. The summed E-state index contributed by atoms with van der Waals surface area (Å²) in [5.74, 6) is 0.678. The maximum Gasteiger partial charge on any atom is 0.271 e. The zero-order valence-electron chi connectivity index (χ0n) is 12.5. The Bertz CT molecular complexity index is 914. The summed E-state index contributed by atoms with van der Waals surface area (Å²) < 4.78 is 8.00. The van der Waals surface area contributed by atoms with Crippen molar-refractivity contribution in [3.05, 3.63) is 62.9 Å². The van der Waals surface area contributed by atoms with Gasteiger partial charge in [-0.1, -0.05) is 34.1 Å². The van der Waals surface area contributed by atoms with E-state index in [-0.39, 0.29) is 18.0 Å². The molecule has 5 nitrogen and oxygen atoms in total. The first-order valence-corrected chi connectivity index (χ1v) is 7.91. The lowest BCUT2D eigenvalue weighted by Crippen LogP contribution is -2.16. The summed E-state index contributed by atoms with van der Waals surface area (Å²) in [5, 5.41) is 3.42. The predicted molar refractivity (Wildman–Crippen MR) is 92.1 cm³/mol. The molecular weight excluding hydrogens is 360 g/mol. The Morgan fingerprint density at radius 2 is 2.09 bits per heavy atom. The number of H-pyrrole nitrogens is 1. The van der Waals surface area contributed by atoms with E-state index in [1.54, 1.807) is 17.9 Å². The molecule has 1 heterocycles. The van der Waals surface area contributed by atoms with Crippen molar-refractivity contribution in [3.63, 3.8) is 0 Å². The number of fused-ring (bicyclic) bond motifs is 1. The molecule has 0 saturated carbocycles. The van der Waals surface area contributed by atoms with Gasteiger partial charge in [0, 0.05) is 16.5 Å². The number of hydrogen-bond donors (Lipinski definition) is 1. The van der Waals surface area contributed by atoms with E-state index in [1.165, 1.54) is 0 Å². The highest BCUT2D eigenvalue weighted by molar-refractivity contribution is 9.10. The fourth-order valence-electron chi connectivity index (χ4n) is 2.78. The van der Waals surface area contributed by atoms with Gasteiger partial charge in [0.25, 0.3) is 5.56 Å². The van der Waals surface area contributed by atoms with Gasteiger partial charge in [-0.3, -0.25) is 14.6 Å². The molecule has 3 rings (SSSR count). The first kappa shape index (κ1) is 15.6. The smallest absolute Gasteiger partial charge is 0.271 e. The lowest BCUT2D eigenvalue weighted by molar-refractivity contribution is -0.108. The second kappa shape index (κ2) is 6.42. The molecule has 6 heteroatoms. The molecule has 0 aliphatic carbocycles. The number of halogens is 1. The highest BCUT2D eigenvalue weighted by Gasteiger charge is 2.21. The molecule has 0 radical (unpaired) electrons. The van der Waals surface area contributed by atoms with Crippen molar-refractivity contribution >= 4 is 33.1 Å². The highest BCUT2D eigenvalue weighted by atomic mass is 79.9. The van der Waals surface area contributed by atoms with Crippen LogP contribution in [0.3, 0.4) is 0 Å². The van der Waals surface area contributed by atoms with Gasteiger partial charge >= 0.3 is 0 Å². The van der Waals surface area contributed by atoms with Crippen LogP contribution in [0.1, 0.15) is 18.0 Å². The summed E-state index contributed by atoms with van der Waals surface area (Å²) in [6.45, 7) is 0. The molecule has 0 aliphatic rings. The molecular formula is C17H15BrN2O3. The molecule has 0 amide bonds. The van der Waals surface area contributed by atoms with E-state index in [0.29, 0.717) is 11.1 Å². The van der Waals surface area contributed by atoms with E-state index in [1.807, 2.05) is 36.4 Å². The third-order valence-electron chi connectivity index (χ3n) is 3.82. The van der Waals surface area contributed by atoms with Crippen LogP contribution in [0.2, 0.25) is 0 Å². The first-order valence-electron chi connectivity index (χ1n) is 7.12. The van der Waals surface area contributed by atoms with E-state index in [0.717, 1.165) is 21.8 Å². The zero-order chi connectivity index (χ0) is 16.4. The molecule has 23 heavy (non-hydrogen) atoms. The molecule has 2 aromatic carbocycles. The lowest BCUT2D eigenvalue weighted by Gasteiger charge is -2.20. The molecule has 0 fully saturated rings. The second-order valence-corrected chi connectivity index (χ2v) is 6.05. The minimum atomic E-state index is -0.344. The summed E-state index contributed by atoms with van der Waals surface area (Å²) in [6.07, 6.45) is 1.08. The molecule has 1 atom stereocenters. The molecule has 1 N–H and O–H groups in total. The van der Waals surface area contributed by atoms with Crippen molar-refractivity contribution in [1.29, 1.82) is 0 Å². The van der Waals surface area contributed by atoms with Gasteiger partial charge in [-0.2, -0.15) is 0 Å². The number of para-hydroxylation sites is 1. The van der Waals surface area contributed by atoms with Crippen molar-refractivity contribution in [3.8, 4) is 5.75 Å². The molecule has 0 saturated heterocycles. The normalized spacial score (nSPS) is 12.3. The van der Waals surface area contributed by atoms with Crippen molar-refractivity contribution in [2.45, 2.75) is 12.5 Å². The Balaban J connectivity index is 2.25. The number of ether oxygens (including phenoxy) is 1. The van der Waals surface area contributed by atoms with Crippen LogP contribution in [-0.2, 0) is 4.79 Å². The predicted octanol–water partition coefficient (Wildman–Crippen LogP) is 3.28. The Labute approximate surface area is 141 Å². The summed E-state index contributed by atoms with van der Waals surface area (Å²) in [4.78, 5) is 23.4. The number of methoxy groups -OCH3 is 1. The molecule has 3 aromatic rings. The van der Waals surface area contributed by atoms with Crippen LogP contribution < -0.4 is 10.3 Å². The Morgan fingerprint density at radius 1 is 1.30 bits per heavy atom. The quantitative estimate of drug-likeness (QED) is 0.697. The summed E-state index contributed by atoms with van der Waals surface area (Å²) >= 11 is 3.42. The summed E-state index contributed by atoms with van der Waals surface area (Å²) in [5.41, 5.74) is 1.40. The fraction of sp³-hybridized carbons (Fsp3) is 0.176. The molecule has 118 valence electrons. The molecule has 1 unspecified atom stereocenters. The zero-order valence-corrected chi connectivity index (χ0v) is 14.0. The number of carbonyl (C=O) groups excluding carboxylic acids is 1. The number of nitrogens with zero attached hydrogens (tertiary/aromatic N) is 1. The van der Waals surface area contributed by atoms with E-state index in [2.05, 4.69) is 21.0 Å². The van der Waals surface area contributed by atoms with Crippen LogP contribution in [0.15, 0.2) is 51.7 Å². The van der Waals surface area contributed by atoms with Crippen LogP contribution in [0, 0.1) is 0 Å².